The van der Waals surface area contributed by atoms with Gasteiger partial charge in [-0.15, -0.1) is 0 Å². The van der Waals surface area contributed by atoms with E-state index in [0.717, 1.165) is 142 Å². The number of hydrogen-bond donors (Lipinski definition) is 2. The zero-order chi connectivity index (χ0) is 62.6. The van der Waals surface area contributed by atoms with Gasteiger partial charge in [0.05, 0.1) is 28.4 Å². The molecule has 6 rings (SSSR count). The van der Waals surface area contributed by atoms with Crippen molar-refractivity contribution in [1.82, 2.24) is 39.2 Å². The minimum absolute atomic E-state index is 0.661. The Morgan fingerprint density at radius 3 is 0.791 bits per heavy atom. The molecule has 462 valence electrons. The highest BCUT2D eigenvalue weighted by atomic mass is 16.5. The van der Waals surface area contributed by atoms with Crippen LogP contribution in [0.15, 0.2) is 121 Å². The summed E-state index contributed by atoms with van der Waals surface area (Å²) in [6.07, 6.45) is 0. The van der Waals surface area contributed by atoms with E-state index in [9.17, 15) is 0 Å². The lowest BCUT2D eigenvalue weighted by Gasteiger charge is -2.33. The number of anilines is 2. The Morgan fingerprint density at radius 1 is 0.326 bits per heavy atom. The molecule has 0 aliphatic rings. The highest BCUT2D eigenvalue weighted by Gasteiger charge is 2.39. The average Bonchev–Trinajstić information content (AvgIpc) is 0.832. The molecule has 0 saturated carbocycles. The van der Waals surface area contributed by atoms with Crippen LogP contribution in [0.3, 0.4) is 0 Å². The van der Waals surface area contributed by atoms with Crippen molar-refractivity contribution in [3.63, 3.8) is 0 Å². The molecule has 14 nitrogen and oxygen atoms in total. The second-order valence-electron chi connectivity index (χ2n) is 23.9. The topological polar surface area (TPSA) is 86.9 Å². The maximum atomic E-state index is 6.17. The third kappa shape index (κ3) is 17.8. The van der Waals surface area contributed by atoms with E-state index in [1.165, 1.54) is 0 Å². The Bertz CT molecular complexity index is 2890. The minimum atomic E-state index is -1.09. The molecule has 6 aromatic carbocycles. The molecule has 0 heterocycles. The molecule has 0 unspecified atom stereocenters. The van der Waals surface area contributed by atoms with Crippen LogP contribution >= 0.6 is 0 Å². The van der Waals surface area contributed by atoms with Gasteiger partial charge in [-0.1, -0.05) is 60.4 Å². The fourth-order valence-corrected chi connectivity index (χ4v) is 11.0. The standard InChI is InChI=1S/C72H100N10O4/c1-73-65-25-21-23-59(49-65)71(61-27-31-67(83-15)55(45-61)51-79(11)41-37-75(3)4,62-28-32-68(84-16)56(46-62)52-80(12)42-38-76(5)6)35-19-20-36-72(60-24-22-26-66(50-60)74-2,63-29-33-69(85-17)57(47-63)53-81(13)43-39-77(7)8)64-30-34-70(86-18)58(48-64)54-82(14)44-40-78(9)10/h21-34,45-50,73-74H,37-44,51-54H2,1-18H3. The minimum Gasteiger partial charge on any atom is -0.496 e. The van der Waals surface area contributed by atoms with Gasteiger partial charge in [0.2, 0.25) is 0 Å². The first kappa shape index (κ1) is 68.0. The van der Waals surface area contributed by atoms with Gasteiger partial charge in [-0.3, -0.25) is 0 Å². The van der Waals surface area contributed by atoms with E-state index in [2.05, 4.69) is 279 Å². The monoisotopic (exact) mass is 1170 g/mol. The molecule has 0 fully saturated rings. The fourth-order valence-electron chi connectivity index (χ4n) is 11.0. The summed E-state index contributed by atoms with van der Waals surface area (Å²) in [4.78, 5) is 18.2. The second-order valence-corrected chi connectivity index (χ2v) is 23.9. The van der Waals surface area contributed by atoms with E-state index in [-0.39, 0.29) is 0 Å². The van der Waals surface area contributed by atoms with Crippen molar-refractivity contribution in [2.45, 2.75) is 37.0 Å². The van der Waals surface area contributed by atoms with Crippen LogP contribution in [0.2, 0.25) is 0 Å². The van der Waals surface area contributed by atoms with Gasteiger partial charge in [0.25, 0.3) is 0 Å². The zero-order valence-corrected chi connectivity index (χ0v) is 55.2. The normalized spacial score (nSPS) is 11.9. The third-order valence-corrected chi connectivity index (χ3v) is 16.1. The molecule has 0 aromatic heterocycles. The van der Waals surface area contributed by atoms with Crippen molar-refractivity contribution in [2.24, 2.45) is 0 Å². The van der Waals surface area contributed by atoms with Gasteiger partial charge in [-0.25, -0.2) is 0 Å². The SMILES string of the molecule is CNc1cccc(C(C#CC#CC(c2cccc(NC)c2)(c2ccc(OC)c(CN(C)CCN(C)C)c2)c2ccc(OC)c(CN(C)CCN(C)C)c2)(c2ccc(OC)c(CN(C)CCN(C)C)c2)c2ccc(OC)c(CN(C)CCN(C)C)c2)c1. The smallest absolute Gasteiger partial charge is 0.123 e. The summed E-state index contributed by atoms with van der Waals surface area (Å²) in [5.74, 6) is 18.6. The Balaban J connectivity index is 1.78. The van der Waals surface area contributed by atoms with E-state index in [0.29, 0.717) is 26.2 Å². The molecule has 0 bridgehead atoms. The first-order chi connectivity index (χ1) is 41.2. The van der Waals surface area contributed by atoms with Crippen LogP contribution in [0, 0.1) is 23.7 Å². The summed E-state index contributed by atoms with van der Waals surface area (Å²) < 4.78 is 24.7. The van der Waals surface area contributed by atoms with Crippen molar-refractivity contribution in [1.29, 1.82) is 0 Å². The van der Waals surface area contributed by atoms with E-state index >= 15 is 0 Å². The van der Waals surface area contributed by atoms with E-state index in [4.69, 9.17) is 18.9 Å². The van der Waals surface area contributed by atoms with E-state index in [1.807, 2.05) is 14.1 Å². The molecule has 0 aliphatic heterocycles. The number of methoxy groups -OCH3 is 4. The van der Waals surface area contributed by atoms with Crippen molar-refractivity contribution < 1.29 is 18.9 Å². The van der Waals surface area contributed by atoms with Crippen molar-refractivity contribution >= 4 is 11.4 Å². The summed E-state index contributed by atoms with van der Waals surface area (Å²) in [6.45, 7) is 9.80. The number of hydrogen-bond acceptors (Lipinski definition) is 14. The Kier molecular flexibility index (Phi) is 25.8. The molecule has 2 N–H and O–H groups in total. The fraction of sp³-hybridized carbons (Fsp3) is 0.444. The number of nitrogens with one attached hydrogen (secondary N) is 2. The lowest BCUT2D eigenvalue weighted by molar-refractivity contribution is 0.272. The Labute approximate surface area is 517 Å². The number of benzene rings is 6. The lowest BCUT2D eigenvalue weighted by Crippen LogP contribution is -2.31. The van der Waals surface area contributed by atoms with Gasteiger partial charge < -0.3 is 68.8 Å². The molecule has 14 heteroatoms. The van der Waals surface area contributed by atoms with Crippen LogP contribution in [0.25, 0.3) is 0 Å². The van der Waals surface area contributed by atoms with Gasteiger partial charge in [0.15, 0.2) is 0 Å². The predicted molar refractivity (Wildman–Crippen MR) is 359 cm³/mol. The van der Waals surface area contributed by atoms with Gasteiger partial charge >= 0.3 is 0 Å². The van der Waals surface area contributed by atoms with Crippen LogP contribution < -0.4 is 29.6 Å². The summed E-state index contributed by atoms with van der Waals surface area (Å²) in [6, 6.07) is 43.6. The van der Waals surface area contributed by atoms with Crippen LogP contribution in [0.4, 0.5) is 11.4 Å². The number of rotatable bonds is 32. The molecule has 0 atom stereocenters. The first-order valence-corrected chi connectivity index (χ1v) is 29.9. The maximum absolute atomic E-state index is 6.17. The molecule has 0 spiro atoms. The van der Waals surface area contributed by atoms with Crippen LogP contribution in [-0.4, -0.2) is 219 Å². The number of nitrogens with zero attached hydrogens (tertiary/aromatic N) is 8. The van der Waals surface area contributed by atoms with E-state index < -0.39 is 10.8 Å². The largest absolute Gasteiger partial charge is 0.496 e. The highest BCUT2D eigenvalue weighted by Crippen LogP contribution is 2.45. The average molecular weight is 1170 g/mol. The quantitative estimate of drug-likeness (QED) is 0.0311. The van der Waals surface area contributed by atoms with Crippen molar-refractivity contribution in [3.05, 3.63) is 177 Å². The van der Waals surface area contributed by atoms with Crippen LogP contribution in [-0.2, 0) is 37.0 Å². The Morgan fingerprint density at radius 2 is 0.570 bits per heavy atom. The number of ether oxygens (including phenoxy) is 4. The lowest BCUT2D eigenvalue weighted by atomic mass is 9.68. The third-order valence-electron chi connectivity index (χ3n) is 16.1. The molecule has 0 aliphatic carbocycles. The summed E-state index contributed by atoms with van der Waals surface area (Å²) >= 11 is 0. The first-order valence-electron chi connectivity index (χ1n) is 29.9. The van der Waals surface area contributed by atoms with Crippen LogP contribution in [0.1, 0.15) is 55.6 Å². The van der Waals surface area contributed by atoms with Gasteiger partial charge in [0, 0.05) is 126 Å². The Hall–Kier alpha value is -7.08. The molecule has 6 aromatic rings. The molecule has 0 saturated heterocycles. The van der Waals surface area contributed by atoms with Crippen molar-refractivity contribution in [2.75, 3.05) is 190 Å². The maximum Gasteiger partial charge on any atom is 0.123 e. The van der Waals surface area contributed by atoms with Crippen molar-refractivity contribution in [3.8, 4) is 46.7 Å². The highest BCUT2D eigenvalue weighted by molar-refractivity contribution is 5.67. The van der Waals surface area contributed by atoms with Gasteiger partial charge in [-0.2, -0.15) is 0 Å². The second kappa shape index (κ2) is 32.6. The summed E-state index contributed by atoms with van der Waals surface area (Å²) in [7, 11) is 36.5. The van der Waals surface area contributed by atoms with Gasteiger partial charge in [-0.05, 0) is 203 Å². The predicted octanol–water partition coefficient (Wildman–Crippen LogP) is 9.15. The summed E-state index contributed by atoms with van der Waals surface area (Å²) in [5, 5.41) is 6.91. The molecular weight excluding hydrogens is 1070 g/mol. The number of likely N-dealkylation sites (N-methyl/N-ethyl adjacent to an activating group) is 8. The molecule has 0 radical (unpaired) electrons. The molecular formula is C72H100N10O4. The zero-order valence-electron chi connectivity index (χ0n) is 55.2. The molecule has 86 heavy (non-hydrogen) atoms. The van der Waals surface area contributed by atoms with E-state index in [1.54, 1.807) is 28.4 Å². The van der Waals surface area contributed by atoms with Gasteiger partial charge in [0.1, 0.15) is 33.8 Å². The van der Waals surface area contributed by atoms with Crippen LogP contribution in [0.5, 0.6) is 23.0 Å². The summed E-state index contributed by atoms with van der Waals surface area (Å²) in [5.41, 5.74) is 9.87. The molecule has 0 amide bonds.